The number of hydrogen-bond donors (Lipinski definition) is 1. The predicted octanol–water partition coefficient (Wildman–Crippen LogP) is 3.75. The minimum atomic E-state index is -0.557. The molecule has 0 aliphatic carbocycles. The summed E-state index contributed by atoms with van der Waals surface area (Å²) in [4.78, 5) is 0. The lowest BCUT2D eigenvalue weighted by atomic mass is 9.79. The van der Waals surface area contributed by atoms with Crippen molar-refractivity contribution in [2.45, 2.75) is 25.8 Å². The number of aryl methyl sites for hydroxylation is 1. The summed E-state index contributed by atoms with van der Waals surface area (Å²) in [5, 5.41) is 0. The molecule has 2 rings (SSSR count). The quantitative estimate of drug-likeness (QED) is 0.873. The topological polar surface area (TPSA) is 26.0 Å². The lowest BCUT2D eigenvalue weighted by molar-refractivity contribution is 0.513. The summed E-state index contributed by atoms with van der Waals surface area (Å²) >= 11 is 0. The monoisotopic (exact) mass is 243 g/mol. The fourth-order valence-corrected chi connectivity index (χ4v) is 2.41. The standard InChI is InChI=1S/C16H18FN/c1-3-16(18,13-7-5-4-6-8-13)15-10-9-14(17)11-12(15)2/h4-11H,3,18H2,1-2H3. The number of halogens is 1. The SMILES string of the molecule is CCC(N)(c1ccccc1)c1ccc(F)cc1C. The van der Waals surface area contributed by atoms with Crippen molar-refractivity contribution in [2.75, 3.05) is 0 Å². The summed E-state index contributed by atoms with van der Waals surface area (Å²) in [5.74, 6) is -0.220. The normalized spacial score (nSPS) is 14.2. The van der Waals surface area contributed by atoms with E-state index in [1.54, 1.807) is 6.07 Å². The van der Waals surface area contributed by atoms with E-state index in [2.05, 4.69) is 6.92 Å². The molecular formula is C16H18FN. The van der Waals surface area contributed by atoms with Crippen LogP contribution in [0.25, 0.3) is 0 Å². The molecule has 2 N–H and O–H groups in total. The first-order chi connectivity index (χ1) is 8.58. The molecule has 0 spiro atoms. The number of nitrogens with two attached hydrogens (primary N) is 1. The van der Waals surface area contributed by atoms with Gasteiger partial charge in [0.05, 0.1) is 5.54 Å². The highest BCUT2D eigenvalue weighted by molar-refractivity contribution is 5.42. The van der Waals surface area contributed by atoms with Crippen molar-refractivity contribution in [1.82, 2.24) is 0 Å². The molecule has 0 radical (unpaired) electrons. The van der Waals surface area contributed by atoms with E-state index < -0.39 is 5.54 Å². The van der Waals surface area contributed by atoms with E-state index in [0.717, 1.165) is 23.1 Å². The first-order valence-electron chi connectivity index (χ1n) is 6.19. The second-order valence-electron chi connectivity index (χ2n) is 4.65. The summed E-state index contributed by atoms with van der Waals surface area (Å²) in [6, 6.07) is 14.8. The van der Waals surface area contributed by atoms with E-state index in [-0.39, 0.29) is 5.82 Å². The molecule has 0 amide bonds. The van der Waals surface area contributed by atoms with Crippen molar-refractivity contribution >= 4 is 0 Å². The maximum absolute atomic E-state index is 13.2. The number of rotatable bonds is 3. The molecule has 0 saturated heterocycles. The maximum atomic E-state index is 13.2. The Morgan fingerprint density at radius 1 is 1.11 bits per heavy atom. The lowest BCUT2D eigenvalue weighted by Gasteiger charge is -2.31. The highest BCUT2D eigenvalue weighted by Crippen LogP contribution is 2.32. The van der Waals surface area contributed by atoms with E-state index in [4.69, 9.17) is 5.73 Å². The Bertz CT molecular complexity index is 536. The molecule has 2 aromatic rings. The van der Waals surface area contributed by atoms with Gasteiger partial charge in [-0.15, -0.1) is 0 Å². The molecule has 0 saturated carbocycles. The van der Waals surface area contributed by atoms with Crippen molar-refractivity contribution in [1.29, 1.82) is 0 Å². The minimum absolute atomic E-state index is 0.220. The Morgan fingerprint density at radius 2 is 1.78 bits per heavy atom. The molecule has 1 unspecified atom stereocenters. The van der Waals surface area contributed by atoms with E-state index in [1.807, 2.05) is 37.3 Å². The van der Waals surface area contributed by atoms with Gasteiger partial charge >= 0.3 is 0 Å². The van der Waals surface area contributed by atoms with Gasteiger partial charge in [0, 0.05) is 0 Å². The van der Waals surface area contributed by atoms with Gasteiger partial charge in [0.1, 0.15) is 5.82 Å². The zero-order valence-corrected chi connectivity index (χ0v) is 10.8. The van der Waals surface area contributed by atoms with Gasteiger partial charge in [-0.1, -0.05) is 43.3 Å². The van der Waals surface area contributed by atoms with Crippen LogP contribution in [0.15, 0.2) is 48.5 Å². The summed E-state index contributed by atoms with van der Waals surface area (Å²) in [6.07, 6.45) is 0.767. The Balaban J connectivity index is 2.57. The molecule has 2 heteroatoms. The van der Waals surface area contributed by atoms with Gasteiger partial charge in [0.25, 0.3) is 0 Å². The van der Waals surface area contributed by atoms with Gasteiger partial charge in [-0.3, -0.25) is 0 Å². The van der Waals surface area contributed by atoms with E-state index >= 15 is 0 Å². The van der Waals surface area contributed by atoms with Gasteiger partial charge in [-0.25, -0.2) is 4.39 Å². The first-order valence-corrected chi connectivity index (χ1v) is 6.19. The smallest absolute Gasteiger partial charge is 0.123 e. The molecule has 0 aliphatic rings. The molecule has 0 aliphatic heterocycles. The van der Waals surface area contributed by atoms with Gasteiger partial charge in [-0.05, 0) is 42.2 Å². The van der Waals surface area contributed by atoms with E-state index in [9.17, 15) is 4.39 Å². The van der Waals surface area contributed by atoms with Crippen LogP contribution in [-0.2, 0) is 5.54 Å². The Hall–Kier alpha value is -1.67. The first kappa shape index (κ1) is 12.8. The van der Waals surface area contributed by atoms with Crippen LogP contribution in [-0.4, -0.2) is 0 Å². The molecule has 0 bridgehead atoms. The summed E-state index contributed by atoms with van der Waals surface area (Å²) in [7, 11) is 0. The van der Waals surface area contributed by atoms with Crippen molar-refractivity contribution in [3.63, 3.8) is 0 Å². The van der Waals surface area contributed by atoms with Gasteiger partial charge in [-0.2, -0.15) is 0 Å². The number of benzene rings is 2. The molecule has 94 valence electrons. The molecule has 1 atom stereocenters. The van der Waals surface area contributed by atoms with E-state index in [1.165, 1.54) is 12.1 Å². The van der Waals surface area contributed by atoms with Crippen molar-refractivity contribution in [2.24, 2.45) is 5.73 Å². The zero-order valence-electron chi connectivity index (χ0n) is 10.8. The van der Waals surface area contributed by atoms with Crippen LogP contribution in [0.1, 0.15) is 30.0 Å². The van der Waals surface area contributed by atoms with Gasteiger partial charge in [0.15, 0.2) is 0 Å². The molecule has 0 heterocycles. The largest absolute Gasteiger partial charge is 0.318 e. The average molecular weight is 243 g/mol. The van der Waals surface area contributed by atoms with Crippen LogP contribution >= 0.6 is 0 Å². The van der Waals surface area contributed by atoms with Crippen molar-refractivity contribution in [3.05, 3.63) is 71.0 Å². The van der Waals surface area contributed by atoms with Crippen LogP contribution < -0.4 is 5.73 Å². The van der Waals surface area contributed by atoms with Crippen molar-refractivity contribution in [3.8, 4) is 0 Å². The maximum Gasteiger partial charge on any atom is 0.123 e. The highest BCUT2D eigenvalue weighted by atomic mass is 19.1. The molecule has 0 aromatic heterocycles. The van der Waals surface area contributed by atoms with Crippen LogP contribution in [0, 0.1) is 12.7 Å². The Morgan fingerprint density at radius 3 is 2.33 bits per heavy atom. The van der Waals surface area contributed by atoms with Gasteiger partial charge < -0.3 is 5.73 Å². The zero-order chi connectivity index (χ0) is 13.2. The summed E-state index contributed by atoms with van der Waals surface area (Å²) in [6.45, 7) is 3.95. The lowest BCUT2D eigenvalue weighted by Crippen LogP contribution is -2.37. The number of hydrogen-bond acceptors (Lipinski definition) is 1. The fourth-order valence-electron chi connectivity index (χ4n) is 2.41. The molecular weight excluding hydrogens is 225 g/mol. The molecule has 18 heavy (non-hydrogen) atoms. The molecule has 0 fully saturated rings. The second-order valence-corrected chi connectivity index (χ2v) is 4.65. The predicted molar refractivity (Wildman–Crippen MR) is 72.8 cm³/mol. The second kappa shape index (κ2) is 4.91. The fraction of sp³-hybridized carbons (Fsp3) is 0.250. The third-order valence-electron chi connectivity index (χ3n) is 3.52. The van der Waals surface area contributed by atoms with Crippen LogP contribution in [0.3, 0.4) is 0 Å². The third kappa shape index (κ3) is 2.16. The molecule has 1 nitrogen and oxygen atoms in total. The van der Waals surface area contributed by atoms with Crippen molar-refractivity contribution < 1.29 is 4.39 Å². The highest BCUT2D eigenvalue weighted by Gasteiger charge is 2.28. The van der Waals surface area contributed by atoms with Crippen LogP contribution in [0.2, 0.25) is 0 Å². The third-order valence-corrected chi connectivity index (χ3v) is 3.52. The Labute approximate surface area is 107 Å². The van der Waals surface area contributed by atoms with Crippen LogP contribution in [0.4, 0.5) is 4.39 Å². The summed E-state index contributed by atoms with van der Waals surface area (Å²) < 4.78 is 13.2. The summed E-state index contributed by atoms with van der Waals surface area (Å²) in [5.41, 5.74) is 8.95. The van der Waals surface area contributed by atoms with Crippen LogP contribution in [0.5, 0.6) is 0 Å². The van der Waals surface area contributed by atoms with E-state index in [0.29, 0.717) is 0 Å². The average Bonchev–Trinajstić information content (AvgIpc) is 2.39. The van der Waals surface area contributed by atoms with Gasteiger partial charge in [0.2, 0.25) is 0 Å². The molecule has 2 aromatic carbocycles. The minimum Gasteiger partial charge on any atom is -0.318 e. The Kier molecular flexibility index (Phi) is 3.48.